The SMILES string of the molecule is COc1ccc(-c2nnc(NC(C)C3CCC(c4ccnc5ccc(F)cc45)CC3)o2)cc1. The minimum absolute atomic E-state index is 0.210. The summed E-state index contributed by atoms with van der Waals surface area (Å²) in [6.07, 6.45) is 6.12. The highest BCUT2D eigenvalue weighted by Crippen LogP contribution is 2.40. The van der Waals surface area contributed by atoms with Crippen molar-refractivity contribution in [3.63, 3.8) is 0 Å². The molecule has 0 radical (unpaired) electrons. The maximum Gasteiger partial charge on any atom is 0.315 e. The smallest absolute Gasteiger partial charge is 0.315 e. The van der Waals surface area contributed by atoms with Gasteiger partial charge in [-0.05, 0) is 98.5 Å². The van der Waals surface area contributed by atoms with Gasteiger partial charge in [-0.15, -0.1) is 5.10 Å². The Hall–Kier alpha value is -3.48. The molecule has 1 saturated carbocycles. The summed E-state index contributed by atoms with van der Waals surface area (Å²) in [6, 6.07) is 15.1. The summed E-state index contributed by atoms with van der Waals surface area (Å²) in [6.45, 7) is 2.17. The minimum atomic E-state index is -0.211. The molecule has 0 aliphatic heterocycles. The van der Waals surface area contributed by atoms with Crippen molar-refractivity contribution < 1.29 is 13.5 Å². The van der Waals surface area contributed by atoms with Gasteiger partial charge in [-0.1, -0.05) is 5.10 Å². The summed E-state index contributed by atoms with van der Waals surface area (Å²) in [5.74, 6) is 1.98. The van der Waals surface area contributed by atoms with Crippen LogP contribution in [-0.4, -0.2) is 28.3 Å². The number of nitrogens with one attached hydrogen (secondary N) is 1. The zero-order chi connectivity index (χ0) is 22.8. The van der Waals surface area contributed by atoms with Gasteiger partial charge in [-0.25, -0.2) is 4.39 Å². The van der Waals surface area contributed by atoms with Crippen LogP contribution in [0.4, 0.5) is 10.4 Å². The Morgan fingerprint density at radius 2 is 1.82 bits per heavy atom. The zero-order valence-corrected chi connectivity index (χ0v) is 18.8. The van der Waals surface area contributed by atoms with Crippen molar-refractivity contribution in [1.82, 2.24) is 15.2 Å². The molecule has 2 heterocycles. The van der Waals surface area contributed by atoms with Crippen molar-refractivity contribution in [2.75, 3.05) is 12.4 Å². The predicted octanol–water partition coefficient (Wildman–Crippen LogP) is 6.21. The number of methoxy groups -OCH3 is 1. The van der Waals surface area contributed by atoms with E-state index in [1.54, 1.807) is 19.2 Å². The first kappa shape index (κ1) is 21.4. The first-order chi connectivity index (χ1) is 16.1. The Kier molecular flexibility index (Phi) is 5.94. The molecule has 33 heavy (non-hydrogen) atoms. The molecule has 1 atom stereocenters. The monoisotopic (exact) mass is 446 g/mol. The van der Waals surface area contributed by atoms with Gasteiger partial charge in [0.05, 0.1) is 12.6 Å². The second-order valence-corrected chi connectivity index (χ2v) is 8.75. The Morgan fingerprint density at radius 3 is 2.58 bits per heavy atom. The Labute approximate surface area is 192 Å². The van der Waals surface area contributed by atoms with Gasteiger partial charge in [0.15, 0.2) is 0 Å². The first-order valence-electron chi connectivity index (χ1n) is 11.4. The number of nitrogens with zero attached hydrogens (tertiary/aromatic N) is 3. The number of pyridine rings is 1. The van der Waals surface area contributed by atoms with E-state index in [0.717, 1.165) is 47.9 Å². The highest BCUT2D eigenvalue weighted by atomic mass is 19.1. The Bertz CT molecular complexity index is 1230. The number of fused-ring (bicyclic) bond motifs is 1. The fourth-order valence-electron chi connectivity index (χ4n) is 4.87. The average molecular weight is 447 g/mol. The molecule has 1 fully saturated rings. The van der Waals surface area contributed by atoms with E-state index >= 15 is 0 Å². The van der Waals surface area contributed by atoms with Crippen LogP contribution < -0.4 is 10.1 Å². The maximum absolute atomic E-state index is 13.8. The summed E-state index contributed by atoms with van der Waals surface area (Å²) in [4.78, 5) is 4.39. The van der Waals surface area contributed by atoms with E-state index in [9.17, 15) is 4.39 Å². The minimum Gasteiger partial charge on any atom is -0.497 e. The van der Waals surface area contributed by atoms with Crippen LogP contribution in [0.1, 0.15) is 44.1 Å². The number of ether oxygens (including phenoxy) is 1. The van der Waals surface area contributed by atoms with Crippen LogP contribution in [-0.2, 0) is 0 Å². The molecular formula is C26H27FN4O2. The summed E-state index contributed by atoms with van der Waals surface area (Å²) in [7, 11) is 1.64. The molecule has 1 aliphatic rings. The molecule has 4 aromatic rings. The number of hydrogen-bond acceptors (Lipinski definition) is 6. The van der Waals surface area contributed by atoms with Crippen molar-refractivity contribution in [3.8, 4) is 17.2 Å². The summed E-state index contributed by atoms with van der Waals surface area (Å²) >= 11 is 0. The van der Waals surface area contributed by atoms with Gasteiger partial charge in [0, 0.05) is 23.2 Å². The molecule has 1 aliphatic carbocycles. The van der Waals surface area contributed by atoms with E-state index in [0.29, 0.717) is 23.7 Å². The van der Waals surface area contributed by atoms with Crippen LogP contribution in [0, 0.1) is 11.7 Å². The maximum atomic E-state index is 13.8. The fraction of sp³-hybridized carbons (Fsp3) is 0.346. The quantitative estimate of drug-likeness (QED) is 0.380. The number of anilines is 1. The van der Waals surface area contributed by atoms with Crippen molar-refractivity contribution >= 4 is 16.9 Å². The van der Waals surface area contributed by atoms with E-state index in [-0.39, 0.29) is 11.9 Å². The molecule has 2 aromatic heterocycles. The Balaban J connectivity index is 1.21. The van der Waals surface area contributed by atoms with Crippen LogP contribution in [0.3, 0.4) is 0 Å². The zero-order valence-electron chi connectivity index (χ0n) is 18.8. The van der Waals surface area contributed by atoms with E-state index in [1.807, 2.05) is 36.5 Å². The average Bonchev–Trinajstić information content (AvgIpc) is 3.32. The van der Waals surface area contributed by atoms with Gasteiger partial charge < -0.3 is 14.5 Å². The summed E-state index contributed by atoms with van der Waals surface area (Å²) in [5.41, 5.74) is 2.92. The lowest BCUT2D eigenvalue weighted by molar-refractivity contribution is 0.299. The number of aromatic nitrogens is 3. The van der Waals surface area contributed by atoms with Crippen molar-refractivity contribution in [2.45, 2.75) is 44.6 Å². The van der Waals surface area contributed by atoms with Crippen molar-refractivity contribution in [3.05, 3.63) is 66.1 Å². The predicted molar refractivity (Wildman–Crippen MR) is 126 cm³/mol. The van der Waals surface area contributed by atoms with Gasteiger partial charge in [0.25, 0.3) is 0 Å². The van der Waals surface area contributed by atoms with E-state index < -0.39 is 0 Å². The molecule has 6 nitrogen and oxygen atoms in total. The van der Waals surface area contributed by atoms with Crippen molar-refractivity contribution in [1.29, 1.82) is 0 Å². The number of hydrogen-bond donors (Lipinski definition) is 1. The van der Waals surface area contributed by atoms with Crippen LogP contribution >= 0.6 is 0 Å². The standard InChI is InChI=1S/C26H27FN4O2/c1-16(29-26-31-30-25(33-26)19-7-10-21(32-2)11-8-19)17-3-5-18(6-4-17)22-13-14-28-24-12-9-20(27)15-23(22)24/h7-18H,3-6H2,1-2H3,(H,29,31). The molecular weight excluding hydrogens is 419 g/mol. The van der Waals surface area contributed by atoms with Crippen LogP contribution in [0.2, 0.25) is 0 Å². The van der Waals surface area contributed by atoms with Crippen LogP contribution in [0.15, 0.2) is 59.1 Å². The normalized spacial score (nSPS) is 19.4. The number of rotatable bonds is 6. The molecule has 2 aromatic carbocycles. The molecule has 0 bridgehead atoms. The van der Waals surface area contributed by atoms with Gasteiger partial charge in [0.1, 0.15) is 11.6 Å². The topological polar surface area (TPSA) is 73.1 Å². The largest absolute Gasteiger partial charge is 0.497 e. The first-order valence-corrected chi connectivity index (χ1v) is 11.4. The summed E-state index contributed by atoms with van der Waals surface area (Å²) in [5, 5.41) is 12.7. The van der Waals surface area contributed by atoms with Gasteiger partial charge in [0.2, 0.25) is 5.89 Å². The molecule has 0 spiro atoms. The lowest BCUT2D eigenvalue weighted by atomic mass is 9.75. The molecule has 170 valence electrons. The lowest BCUT2D eigenvalue weighted by Gasteiger charge is -2.32. The third kappa shape index (κ3) is 4.53. The molecule has 7 heteroatoms. The molecule has 0 amide bonds. The lowest BCUT2D eigenvalue weighted by Crippen LogP contribution is -2.29. The third-order valence-corrected chi connectivity index (χ3v) is 6.77. The van der Waals surface area contributed by atoms with Crippen LogP contribution in [0.5, 0.6) is 5.75 Å². The number of benzene rings is 2. The molecule has 5 rings (SSSR count). The van der Waals surface area contributed by atoms with E-state index in [4.69, 9.17) is 9.15 Å². The fourth-order valence-corrected chi connectivity index (χ4v) is 4.87. The molecule has 0 saturated heterocycles. The third-order valence-electron chi connectivity index (χ3n) is 6.77. The van der Waals surface area contributed by atoms with Gasteiger partial charge >= 0.3 is 6.01 Å². The highest BCUT2D eigenvalue weighted by molar-refractivity contribution is 5.82. The van der Waals surface area contributed by atoms with Crippen LogP contribution in [0.25, 0.3) is 22.4 Å². The van der Waals surface area contributed by atoms with E-state index in [1.165, 1.54) is 11.6 Å². The summed E-state index contributed by atoms with van der Waals surface area (Å²) < 4.78 is 24.9. The van der Waals surface area contributed by atoms with Gasteiger partial charge in [-0.2, -0.15) is 0 Å². The second-order valence-electron chi connectivity index (χ2n) is 8.75. The highest BCUT2D eigenvalue weighted by Gasteiger charge is 2.28. The number of halogens is 1. The van der Waals surface area contributed by atoms with E-state index in [2.05, 4.69) is 27.4 Å². The van der Waals surface area contributed by atoms with Gasteiger partial charge in [-0.3, -0.25) is 4.98 Å². The molecule has 1 N–H and O–H groups in total. The molecule has 1 unspecified atom stereocenters. The van der Waals surface area contributed by atoms with Crippen molar-refractivity contribution in [2.24, 2.45) is 5.92 Å². The Morgan fingerprint density at radius 1 is 1.03 bits per heavy atom. The second kappa shape index (κ2) is 9.17.